The quantitative estimate of drug-likeness (QED) is 0.450. The Morgan fingerprint density at radius 2 is 1.75 bits per heavy atom. The van der Waals surface area contributed by atoms with Gasteiger partial charge in [0, 0.05) is 40.7 Å². The van der Waals surface area contributed by atoms with Gasteiger partial charge in [0.2, 0.25) is 5.91 Å². The fourth-order valence-corrected chi connectivity index (χ4v) is 5.43. The van der Waals surface area contributed by atoms with Crippen LogP contribution in [0.25, 0.3) is 0 Å². The fraction of sp³-hybridized carbons (Fsp3) is 0.444. The molecule has 13 heteroatoms. The van der Waals surface area contributed by atoms with Crippen LogP contribution >= 0.6 is 38.6 Å². The van der Waals surface area contributed by atoms with Crippen molar-refractivity contribution in [3.05, 3.63) is 64.9 Å². The highest BCUT2D eigenvalue weighted by atomic mass is 35.5. The summed E-state index contributed by atoms with van der Waals surface area (Å²) >= 11 is 6.47. The number of halogens is 4. The second-order valence-electron chi connectivity index (χ2n) is 10.3. The van der Waals surface area contributed by atoms with Crippen molar-refractivity contribution >= 4 is 62.2 Å². The molecule has 2 aromatic rings. The first kappa shape index (κ1) is 33.6. The number of carbonyl (C=O) groups excluding carboxylic acids is 3. The average Bonchev–Trinajstić information content (AvgIpc) is 3.15. The third-order valence-electron chi connectivity index (χ3n) is 7.12. The number of amides is 3. The molecule has 0 unspecified atom stereocenters. The van der Waals surface area contributed by atoms with Gasteiger partial charge in [-0.05, 0) is 51.0 Å². The van der Waals surface area contributed by atoms with E-state index < -0.39 is 66.2 Å². The highest BCUT2D eigenvalue weighted by Crippen LogP contribution is 2.41. The van der Waals surface area contributed by atoms with Crippen LogP contribution < -0.4 is 10.2 Å². The Morgan fingerprint density at radius 3 is 2.33 bits per heavy atom. The van der Waals surface area contributed by atoms with Crippen molar-refractivity contribution in [1.29, 1.82) is 0 Å². The molecule has 1 saturated heterocycles. The number of carbonyl (C=O) groups is 3. The molecule has 0 aromatic heterocycles. The topological polar surface area (TPSA) is 79.0 Å². The smallest absolute Gasteiger partial charge is 0.410 e. The zero-order valence-corrected chi connectivity index (χ0v) is 25.0. The molecule has 0 bridgehead atoms. The van der Waals surface area contributed by atoms with Gasteiger partial charge in [0.25, 0.3) is 11.8 Å². The molecule has 2 atom stereocenters. The zero-order valence-electron chi connectivity index (χ0n) is 22.2. The molecular formula is C27H33ClF3N3O4S2. The van der Waals surface area contributed by atoms with Crippen molar-refractivity contribution in [3.63, 3.8) is 0 Å². The van der Waals surface area contributed by atoms with Crippen molar-refractivity contribution < 1.29 is 32.3 Å². The number of nitrogens with one attached hydrogen (secondary N) is 1. The number of anilines is 1. The van der Waals surface area contributed by atoms with E-state index in [4.69, 9.17) is 16.3 Å². The van der Waals surface area contributed by atoms with Crippen LogP contribution in [0.3, 0.4) is 0 Å². The second kappa shape index (κ2) is 12.9. The van der Waals surface area contributed by atoms with Crippen LogP contribution in [0, 0.1) is 5.82 Å². The number of hydrogen-bond donors (Lipinski definition) is 1. The highest BCUT2D eigenvalue weighted by Gasteiger charge is 2.51. The van der Waals surface area contributed by atoms with Crippen LogP contribution in [-0.4, -0.2) is 53.5 Å². The largest absolute Gasteiger partial charge is 0.453 e. The number of alkyl halides is 2. The summed E-state index contributed by atoms with van der Waals surface area (Å²) in [6.45, 7) is 3.58. The first-order valence-corrected chi connectivity index (χ1v) is 12.6. The third kappa shape index (κ3) is 6.83. The molecule has 1 aliphatic heterocycles. The fourth-order valence-electron chi connectivity index (χ4n) is 5.20. The van der Waals surface area contributed by atoms with E-state index in [2.05, 4.69) is 5.32 Å². The number of benzene rings is 2. The summed E-state index contributed by atoms with van der Waals surface area (Å²) in [4.78, 5) is 43.2. The van der Waals surface area contributed by atoms with Crippen molar-refractivity contribution in [2.24, 2.45) is 0 Å². The number of hydrogen-bond acceptors (Lipinski definition) is 4. The van der Waals surface area contributed by atoms with Crippen molar-refractivity contribution in [3.8, 4) is 0 Å². The molecule has 1 N–H and O–H groups in total. The molecule has 2 fully saturated rings. The van der Waals surface area contributed by atoms with Crippen molar-refractivity contribution in [1.82, 2.24) is 10.2 Å². The predicted molar refractivity (Wildman–Crippen MR) is 156 cm³/mol. The molecule has 7 nitrogen and oxygen atoms in total. The average molecular weight is 620 g/mol. The Kier molecular flexibility index (Phi) is 10.9. The molecule has 0 radical (unpaired) electrons. The molecule has 4 rings (SSSR count). The lowest BCUT2D eigenvalue weighted by Crippen LogP contribution is -2.57. The number of methoxy groups -OCH3 is 1. The maximum atomic E-state index is 14.4. The van der Waals surface area contributed by atoms with E-state index in [1.54, 1.807) is 26.0 Å². The normalized spacial score (nSPS) is 19.8. The van der Waals surface area contributed by atoms with Gasteiger partial charge in [-0.25, -0.2) is 18.0 Å². The lowest BCUT2D eigenvalue weighted by Gasteiger charge is -2.40. The SMILES string of the molecule is COC(=O)N1[C@H](C(=O)N(c2cccc(F)c2)[C@H](C(=O)NC2CC(F)(F)C2)c2ccccc2Cl)CCC1(C)C.S.S. The van der Waals surface area contributed by atoms with Gasteiger partial charge in [-0.2, -0.15) is 27.0 Å². The maximum absolute atomic E-state index is 14.4. The van der Waals surface area contributed by atoms with E-state index in [-0.39, 0.29) is 49.7 Å². The van der Waals surface area contributed by atoms with Gasteiger partial charge in [-0.15, -0.1) is 0 Å². The first-order chi connectivity index (χ1) is 17.8. The number of ether oxygens (including phenoxy) is 1. The van der Waals surface area contributed by atoms with Gasteiger partial charge in [0.05, 0.1) is 7.11 Å². The van der Waals surface area contributed by atoms with E-state index in [0.717, 1.165) is 11.0 Å². The Labute approximate surface area is 250 Å². The van der Waals surface area contributed by atoms with E-state index in [1.165, 1.54) is 42.3 Å². The molecule has 1 saturated carbocycles. The highest BCUT2D eigenvalue weighted by molar-refractivity contribution is 7.59. The van der Waals surface area contributed by atoms with Gasteiger partial charge in [-0.3, -0.25) is 19.4 Å². The summed E-state index contributed by atoms with van der Waals surface area (Å²) in [6.07, 6.45) is -1.06. The molecule has 220 valence electrons. The Morgan fingerprint density at radius 1 is 1.10 bits per heavy atom. The minimum absolute atomic E-state index is 0. The van der Waals surface area contributed by atoms with Crippen LogP contribution in [0.15, 0.2) is 48.5 Å². The summed E-state index contributed by atoms with van der Waals surface area (Å²) in [5.74, 6) is -4.95. The number of rotatable bonds is 6. The van der Waals surface area contributed by atoms with Gasteiger partial charge in [0.15, 0.2) is 0 Å². The van der Waals surface area contributed by atoms with Crippen LogP contribution in [0.1, 0.15) is 51.1 Å². The van der Waals surface area contributed by atoms with Gasteiger partial charge < -0.3 is 10.1 Å². The van der Waals surface area contributed by atoms with E-state index in [9.17, 15) is 27.6 Å². The van der Waals surface area contributed by atoms with Gasteiger partial charge in [0.1, 0.15) is 17.9 Å². The van der Waals surface area contributed by atoms with E-state index in [1.807, 2.05) is 0 Å². The van der Waals surface area contributed by atoms with E-state index >= 15 is 0 Å². The van der Waals surface area contributed by atoms with Crippen LogP contribution in [0.2, 0.25) is 5.02 Å². The molecule has 1 aliphatic carbocycles. The molecule has 3 amide bonds. The first-order valence-electron chi connectivity index (χ1n) is 12.2. The van der Waals surface area contributed by atoms with Gasteiger partial charge in [-0.1, -0.05) is 35.9 Å². The zero-order chi connectivity index (χ0) is 27.8. The summed E-state index contributed by atoms with van der Waals surface area (Å²) in [6, 6.07) is 8.17. The van der Waals surface area contributed by atoms with Crippen molar-refractivity contribution in [2.45, 2.75) is 69.1 Å². The monoisotopic (exact) mass is 619 g/mol. The summed E-state index contributed by atoms with van der Waals surface area (Å²) < 4.78 is 46.4. The van der Waals surface area contributed by atoms with E-state index in [0.29, 0.717) is 6.42 Å². The summed E-state index contributed by atoms with van der Waals surface area (Å²) in [7, 11) is 1.21. The molecule has 1 heterocycles. The second-order valence-corrected chi connectivity index (χ2v) is 10.7. The molecule has 2 aliphatic rings. The lowest BCUT2D eigenvalue weighted by molar-refractivity contribution is -0.133. The Hall–Kier alpha value is -2.57. The van der Waals surface area contributed by atoms with Crippen molar-refractivity contribution in [2.75, 3.05) is 12.0 Å². The van der Waals surface area contributed by atoms with Crippen LogP contribution in [-0.2, 0) is 14.3 Å². The van der Waals surface area contributed by atoms with Gasteiger partial charge >= 0.3 is 6.09 Å². The predicted octanol–water partition coefficient (Wildman–Crippen LogP) is 5.70. The maximum Gasteiger partial charge on any atom is 0.410 e. The molecule has 2 aromatic carbocycles. The lowest BCUT2D eigenvalue weighted by atomic mass is 9.87. The van der Waals surface area contributed by atoms with Crippen LogP contribution in [0.5, 0.6) is 0 Å². The minimum atomic E-state index is -2.88. The number of likely N-dealkylation sites (tertiary alicyclic amines) is 1. The standard InChI is InChI=1S/C27H29ClF3N3O4.2H2S/c1-26(2)12-11-21(34(26)25(37)38-3)24(36)33(18-8-6-7-16(29)13-18)22(19-9-4-5-10-20(19)28)23(35)32-17-14-27(30,31)15-17;;/h4-10,13,17,21-22H,11-12,14-15H2,1-3H3,(H,32,35);2*1H2/t21-,22-;;/m0../s1. The summed E-state index contributed by atoms with van der Waals surface area (Å²) in [5, 5.41) is 2.75. The summed E-state index contributed by atoms with van der Waals surface area (Å²) in [5.41, 5.74) is -0.471. The Balaban J connectivity index is 0.00000280. The molecule has 40 heavy (non-hydrogen) atoms. The molecular weight excluding hydrogens is 587 g/mol. The Bertz CT molecular complexity index is 1250. The number of nitrogens with zero attached hydrogens (tertiary/aromatic N) is 2. The molecule has 0 spiro atoms. The third-order valence-corrected chi connectivity index (χ3v) is 7.46. The minimum Gasteiger partial charge on any atom is -0.453 e. The van der Waals surface area contributed by atoms with Crippen LogP contribution in [0.4, 0.5) is 23.7 Å².